The van der Waals surface area contributed by atoms with Crippen molar-refractivity contribution < 1.29 is 34.1 Å². The molecule has 0 fully saturated rings. The standard InChI is InChI=1S/C24H30N2O3S.C2H2O4/c1-5-6-21(27)29-22-23(18-10-7-16(2)8-11-18)30-20-15-17(3)9-12-19(20)26(24(22)28)14-13-25-4;3-1(4)2(5)6/h7-12,15,22-23,25H,5-6,13-14H2,1-4H3;(H,3,4)(H,5,6)/t22-,23+;/m0./s1. The number of ether oxygens (including phenoxy) is 1. The molecule has 0 radical (unpaired) electrons. The van der Waals surface area contributed by atoms with Crippen molar-refractivity contribution in [3.05, 3.63) is 59.2 Å². The van der Waals surface area contributed by atoms with Crippen LogP contribution in [0.15, 0.2) is 47.4 Å². The number of carbonyl (C=O) groups is 4. The van der Waals surface area contributed by atoms with Crippen LogP contribution < -0.4 is 10.2 Å². The van der Waals surface area contributed by atoms with Gasteiger partial charge in [-0.05, 0) is 50.6 Å². The molecule has 194 valence electrons. The first-order valence-corrected chi connectivity index (χ1v) is 12.4. The first kappa shape index (κ1) is 28.9. The molecule has 1 aliphatic rings. The molecule has 2 aromatic rings. The van der Waals surface area contributed by atoms with Crippen molar-refractivity contribution >= 4 is 41.3 Å². The van der Waals surface area contributed by atoms with Crippen LogP contribution in [0.1, 0.15) is 41.7 Å². The van der Waals surface area contributed by atoms with Gasteiger partial charge in [0.2, 0.25) is 0 Å². The molecule has 0 saturated heterocycles. The van der Waals surface area contributed by atoms with E-state index in [1.165, 1.54) is 0 Å². The van der Waals surface area contributed by atoms with Crippen molar-refractivity contribution in [1.82, 2.24) is 5.32 Å². The number of likely N-dealkylation sites (N-methyl/N-ethyl adjacent to an activating group) is 1. The fourth-order valence-corrected chi connectivity index (χ4v) is 4.92. The number of carboxylic acid groups (broad SMARTS) is 2. The number of benzene rings is 2. The van der Waals surface area contributed by atoms with Gasteiger partial charge in [-0.1, -0.05) is 42.8 Å². The van der Waals surface area contributed by atoms with E-state index in [1.807, 2.05) is 64.2 Å². The maximum absolute atomic E-state index is 13.7. The van der Waals surface area contributed by atoms with E-state index in [-0.39, 0.29) is 17.1 Å². The number of amides is 1. The number of hydrogen-bond donors (Lipinski definition) is 3. The molecule has 0 aromatic heterocycles. The summed E-state index contributed by atoms with van der Waals surface area (Å²) in [5, 5.41) is 17.6. The van der Waals surface area contributed by atoms with Gasteiger partial charge < -0.3 is 25.2 Å². The number of esters is 1. The minimum absolute atomic E-state index is 0.171. The van der Waals surface area contributed by atoms with Gasteiger partial charge in [0.1, 0.15) is 0 Å². The summed E-state index contributed by atoms with van der Waals surface area (Å²) in [4.78, 5) is 47.1. The normalized spacial score (nSPS) is 16.8. The average Bonchev–Trinajstić information content (AvgIpc) is 2.93. The Kier molecular flexibility index (Phi) is 10.9. The van der Waals surface area contributed by atoms with E-state index < -0.39 is 18.0 Å². The van der Waals surface area contributed by atoms with Crippen LogP contribution in [-0.2, 0) is 23.9 Å². The van der Waals surface area contributed by atoms with Crippen LogP contribution in [0.5, 0.6) is 0 Å². The second-order valence-corrected chi connectivity index (χ2v) is 9.47. The van der Waals surface area contributed by atoms with E-state index >= 15 is 0 Å². The number of nitrogens with zero attached hydrogens (tertiary/aromatic N) is 1. The molecule has 10 heteroatoms. The first-order chi connectivity index (χ1) is 17.1. The largest absolute Gasteiger partial charge is 0.473 e. The fraction of sp³-hybridized carbons (Fsp3) is 0.385. The van der Waals surface area contributed by atoms with Crippen molar-refractivity contribution in [3.63, 3.8) is 0 Å². The van der Waals surface area contributed by atoms with Gasteiger partial charge in [0, 0.05) is 24.4 Å². The SMILES string of the molecule is CCCC(=O)O[C@@H]1C(=O)N(CCNC)c2ccc(C)cc2S[C@@H]1c1ccc(C)cc1.O=C(O)C(=O)O. The average molecular weight is 517 g/mol. The minimum Gasteiger partial charge on any atom is -0.473 e. The number of anilines is 1. The summed E-state index contributed by atoms with van der Waals surface area (Å²) >= 11 is 1.60. The van der Waals surface area contributed by atoms with Gasteiger partial charge in [-0.3, -0.25) is 9.59 Å². The highest BCUT2D eigenvalue weighted by Gasteiger charge is 2.41. The van der Waals surface area contributed by atoms with Gasteiger partial charge in [0.05, 0.1) is 10.9 Å². The fourth-order valence-electron chi connectivity index (χ4n) is 3.51. The van der Waals surface area contributed by atoms with Crippen LogP contribution in [-0.4, -0.2) is 60.3 Å². The number of carbonyl (C=O) groups excluding carboxylic acids is 2. The number of aryl methyl sites for hydroxylation is 2. The maximum atomic E-state index is 13.7. The number of carboxylic acids is 2. The lowest BCUT2D eigenvalue weighted by molar-refractivity contribution is -0.159. The summed E-state index contributed by atoms with van der Waals surface area (Å²) in [5.41, 5.74) is 4.13. The number of hydrogen-bond acceptors (Lipinski definition) is 7. The Morgan fingerprint density at radius 2 is 1.64 bits per heavy atom. The van der Waals surface area contributed by atoms with E-state index in [0.29, 0.717) is 25.9 Å². The molecule has 1 amide bonds. The van der Waals surface area contributed by atoms with E-state index in [1.54, 1.807) is 16.7 Å². The Hall–Kier alpha value is -3.37. The highest BCUT2D eigenvalue weighted by molar-refractivity contribution is 7.99. The van der Waals surface area contributed by atoms with Gasteiger partial charge >= 0.3 is 17.9 Å². The molecule has 36 heavy (non-hydrogen) atoms. The highest BCUT2D eigenvalue weighted by Crippen LogP contribution is 2.47. The Morgan fingerprint density at radius 1 is 1.03 bits per heavy atom. The van der Waals surface area contributed by atoms with Crippen molar-refractivity contribution in [2.24, 2.45) is 0 Å². The van der Waals surface area contributed by atoms with Gasteiger partial charge in [0.15, 0.2) is 6.10 Å². The Morgan fingerprint density at radius 3 is 2.19 bits per heavy atom. The molecule has 0 unspecified atom stereocenters. The Bertz CT molecular complexity index is 1080. The lowest BCUT2D eigenvalue weighted by Crippen LogP contribution is -2.45. The summed E-state index contributed by atoms with van der Waals surface area (Å²) in [7, 11) is 1.86. The zero-order valence-corrected chi connectivity index (χ0v) is 21.6. The smallest absolute Gasteiger partial charge is 0.414 e. The van der Waals surface area contributed by atoms with E-state index in [4.69, 9.17) is 24.5 Å². The number of fused-ring (bicyclic) bond motifs is 1. The van der Waals surface area contributed by atoms with Crippen LogP contribution >= 0.6 is 11.8 Å². The summed E-state index contributed by atoms with van der Waals surface area (Å²) in [5.74, 6) is -4.15. The van der Waals surface area contributed by atoms with Crippen LogP contribution in [0, 0.1) is 13.8 Å². The molecule has 9 nitrogen and oxygen atoms in total. The van der Waals surface area contributed by atoms with E-state index in [0.717, 1.165) is 27.3 Å². The molecular formula is C26H32N2O7S. The molecule has 3 rings (SSSR count). The zero-order valence-electron chi connectivity index (χ0n) is 20.8. The van der Waals surface area contributed by atoms with Gasteiger partial charge in [-0.2, -0.15) is 0 Å². The summed E-state index contributed by atoms with van der Waals surface area (Å²) < 4.78 is 5.82. The molecule has 1 aliphatic heterocycles. The predicted molar refractivity (Wildman–Crippen MR) is 137 cm³/mol. The second-order valence-electron chi connectivity index (χ2n) is 8.28. The van der Waals surface area contributed by atoms with Crippen LogP contribution in [0.2, 0.25) is 0 Å². The number of aliphatic carboxylic acids is 2. The monoisotopic (exact) mass is 516 g/mol. The molecule has 0 aliphatic carbocycles. The Balaban J connectivity index is 0.000000678. The van der Waals surface area contributed by atoms with Crippen molar-refractivity contribution in [3.8, 4) is 0 Å². The van der Waals surface area contributed by atoms with E-state index in [9.17, 15) is 9.59 Å². The van der Waals surface area contributed by atoms with Gasteiger partial charge in [-0.25, -0.2) is 9.59 Å². The van der Waals surface area contributed by atoms with Crippen LogP contribution in [0.25, 0.3) is 0 Å². The summed E-state index contributed by atoms with van der Waals surface area (Å²) in [6.07, 6.45) is 0.115. The summed E-state index contributed by atoms with van der Waals surface area (Å²) in [6, 6.07) is 14.2. The topological polar surface area (TPSA) is 133 Å². The number of rotatable bonds is 7. The number of nitrogens with one attached hydrogen (secondary N) is 1. The highest BCUT2D eigenvalue weighted by atomic mass is 32.2. The van der Waals surface area contributed by atoms with Crippen molar-refractivity contribution in [2.45, 2.75) is 49.9 Å². The molecule has 2 aromatic carbocycles. The molecule has 1 heterocycles. The molecule has 2 atom stereocenters. The molecular weight excluding hydrogens is 484 g/mol. The zero-order chi connectivity index (χ0) is 26.8. The third kappa shape index (κ3) is 7.82. The number of thioether (sulfide) groups is 1. The van der Waals surface area contributed by atoms with Gasteiger partial charge in [-0.15, -0.1) is 11.8 Å². The molecule has 3 N–H and O–H groups in total. The lowest BCUT2D eigenvalue weighted by Gasteiger charge is -2.28. The van der Waals surface area contributed by atoms with Crippen molar-refractivity contribution in [2.75, 3.05) is 25.0 Å². The summed E-state index contributed by atoms with van der Waals surface area (Å²) in [6.45, 7) is 7.17. The third-order valence-corrected chi connectivity index (χ3v) is 6.69. The minimum atomic E-state index is -1.82. The van der Waals surface area contributed by atoms with Crippen LogP contribution in [0.4, 0.5) is 5.69 Å². The maximum Gasteiger partial charge on any atom is 0.414 e. The second kappa shape index (κ2) is 13.6. The molecule has 0 saturated carbocycles. The Labute approximate surface area is 214 Å². The lowest BCUT2D eigenvalue weighted by atomic mass is 10.0. The molecule has 0 spiro atoms. The molecule has 0 bridgehead atoms. The van der Waals surface area contributed by atoms with E-state index in [2.05, 4.69) is 11.4 Å². The third-order valence-electron chi connectivity index (χ3n) is 5.33. The quantitative estimate of drug-likeness (QED) is 0.373. The van der Waals surface area contributed by atoms with Crippen molar-refractivity contribution in [1.29, 1.82) is 0 Å². The van der Waals surface area contributed by atoms with Crippen LogP contribution in [0.3, 0.4) is 0 Å². The van der Waals surface area contributed by atoms with Gasteiger partial charge in [0.25, 0.3) is 5.91 Å². The first-order valence-electron chi connectivity index (χ1n) is 11.5. The predicted octanol–water partition coefficient (Wildman–Crippen LogP) is 3.57.